The first-order valence-electron chi connectivity index (χ1n) is 5.69. The van der Waals surface area contributed by atoms with Gasteiger partial charge in [-0.1, -0.05) is 17.7 Å². The van der Waals surface area contributed by atoms with E-state index in [9.17, 15) is 19.3 Å². The van der Waals surface area contributed by atoms with Crippen molar-refractivity contribution in [2.75, 3.05) is 11.1 Å². The molecule has 0 aromatic heterocycles. The smallest absolute Gasteiger partial charge is 0.270 e. The van der Waals surface area contributed by atoms with Crippen molar-refractivity contribution in [3.63, 3.8) is 0 Å². The van der Waals surface area contributed by atoms with E-state index in [4.69, 9.17) is 17.3 Å². The van der Waals surface area contributed by atoms with E-state index >= 15 is 0 Å². The highest BCUT2D eigenvalue weighted by Gasteiger charge is 2.17. The molecule has 0 aliphatic rings. The van der Waals surface area contributed by atoms with Crippen LogP contribution in [0.3, 0.4) is 0 Å². The normalized spacial score (nSPS) is 10.2. The summed E-state index contributed by atoms with van der Waals surface area (Å²) in [5.74, 6) is -1.56. The van der Waals surface area contributed by atoms with E-state index in [-0.39, 0.29) is 27.6 Å². The van der Waals surface area contributed by atoms with E-state index in [0.29, 0.717) is 0 Å². The van der Waals surface area contributed by atoms with Gasteiger partial charge in [0, 0.05) is 17.8 Å². The van der Waals surface area contributed by atoms with E-state index in [1.54, 1.807) is 0 Å². The topological polar surface area (TPSA) is 98.3 Å². The fourth-order valence-corrected chi connectivity index (χ4v) is 1.82. The fourth-order valence-electron chi connectivity index (χ4n) is 1.64. The summed E-state index contributed by atoms with van der Waals surface area (Å²) in [5, 5.41) is 12.8. The van der Waals surface area contributed by atoms with Crippen molar-refractivity contribution in [1.82, 2.24) is 0 Å². The van der Waals surface area contributed by atoms with Crippen LogP contribution in [0.25, 0.3) is 0 Å². The minimum atomic E-state index is -0.795. The van der Waals surface area contributed by atoms with E-state index in [2.05, 4.69) is 5.32 Å². The zero-order valence-corrected chi connectivity index (χ0v) is 11.2. The molecular weight excluding hydrogens is 301 g/mol. The third-order valence-corrected chi connectivity index (χ3v) is 2.98. The minimum Gasteiger partial charge on any atom is -0.398 e. The molecule has 0 saturated carbocycles. The summed E-state index contributed by atoms with van der Waals surface area (Å²) in [4.78, 5) is 22.1. The Morgan fingerprint density at radius 3 is 2.71 bits per heavy atom. The standard InChI is InChI=1S/C13H9ClFN3O3/c14-9-2-1-3-11(12(9)15)17-13(19)8-6-7(18(20)21)4-5-10(8)16/h1-6H,16H2,(H,17,19). The molecule has 0 radical (unpaired) electrons. The number of hydrogen-bond acceptors (Lipinski definition) is 4. The molecule has 2 aromatic carbocycles. The van der Waals surface area contributed by atoms with Crippen LogP contribution in [0.1, 0.15) is 10.4 Å². The highest BCUT2D eigenvalue weighted by atomic mass is 35.5. The summed E-state index contributed by atoms with van der Waals surface area (Å²) in [6.45, 7) is 0. The second kappa shape index (κ2) is 5.76. The first kappa shape index (κ1) is 14.7. The molecule has 8 heteroatoms. The molecule has 0 heterocycles. The summed E-state index contributed by atoms with van der Waals surface area (Å²) in [6, 6.07) is 7.53. The van der Waals surface area contributed by atoms with Gasteiger partial charge in [-0.3, -0.25) is 14.9 Å². The van der Waals surface area contributed by atoms with Gasteiger partial charge in [-0.25, -0.2) is 4.39 Å². The Morgan fingerprint density at radius 2 is 2.05 bits per heavy atom. The van der Waals surface area contributed by atoms with Crippen molar-refractivity contribution in [3.05, 3.63) is 62.9 Å². The number of non-ortho nitro benzene ring substituents is 1. The lowest BCUT2D eigenvalue weighted by molar-refractivity contribution is -0.384. The number of amides is 1. The molecule has 2 rings (SSSR count). The number of anilines is 2. The van der Waals surface area contributed by atoms with Gasteiger partial charge in [-0.15, -0.1) is 0 Å². The zero-order valence-electron chi connectivity index (χ0n) is 10.5. The third kappa shape index (κ3) is 3.09. The maximum absolute atomic E-state index is 13.7. The Labute approximate surface area is 123 Å². The molecule has 0 unspecified atom stereocenters. The molecule has 21 heavy (non-hydrogen) atoms. The Hall–Kier alpha value is -2.67. The first-order chi connectivity index (χ1) is 9.90. The van der Waals surface area contributed by atoms with Crippen LogP contribution < -0.4 is 11.1 Å². The Morgan fingerprint density at radius 1 is 1.33 bits per heavy atom. The van der Waals surface area contributed by atoms with Gasteiger partial charge in [0.15, 0.2) is 5.82 Å². The van der Waals surface area contributed by atoms with E-state index in [0.717, 1.165) is 6.07 Å². The number of carbonyl (C=O) groups is 1. The highest BCUT2D eigenvalue weighted by Crippen LogP contribution is 2.24. The van der Waals surface area contributed by atoms with Crippen LogP contribution in [0, 0.1) is 15.9 Å². The lowest BCUT2D eigenvalue weighted by atomic mass is 10.1. The fraction of sp³-hybridized carbons (Fsp3) is 0. The molecule has 0 spiro atoms. The molecule has 1 amide bonds. The minimum absolute atomic E-state index is 0.0422. The molecule has 2 aromatic rings. The van der Waals surface area contributed by atoms with Gasteiger partial charge in [0.05, 0.1) is 21.2 Å². The number of nitrogens with two attached hydrogens (primary N) is 1. The molecule has 108 valence electrons. The van der Waals surface area contributed by atoms with E-state index < -0.39 is 16.6 Å². The monoisotopic (exact) mass is 309 g/mol. The maximum Gasteiger partial charge on any atom is 0.270 e. The van der Waals surface area contributed by atoms with Gasteiger partial charge in [0.2, 0.25) is 0 Å². The molecule has 0 saturated heterocycles. The number of nitrogens with zero attached hydrogens (tertiary/aromatic N) is 1. The summed E-state index contributed by atoms with van der Waals surface area (Å²) in [6.07, 6.45) is 0. The van der Waals surface area contributed by atoms with Crippen molar-refractivity contribution in [1.29, 1.82) is 0 Å². The molecule has 6 nitrogen and oxygen atoms in total. The van der Waals surface area contributed by atoms with Gasteiger partial charge >= 0.3 is 0 Å². The largest absolute Gasteiger partial charge is 0.398 e. The first-order valence-corrected chi connectivity index (χ1v) is 6.07. The van der Waals surface area contributed by atoms with Gasteiger partial charge in [-0.05, 0) is 18.2 Å². The number of nitro benzene ring substituents is 1. The van der Waals surface area contributed by atoms with Crippen LogP contribution >= 0.6 is 11.6 Å². The summed E-state index contributed by atoms with van der Waals surface area (Å²) < 4.78 is 13.7. The average molecular weight is 310 g/mol. The van der Waals surface area contributed by atoms with Gasteiger partial charge < -0.3 is 11.1 Å². The number of carbonyl (C=O) groups excluding carboxylic acids is 1. The SMILES string of the molecule is Nc1ccc([N+](=O)[O-])cc1C(=O)Nc1cccc(Cl)c1F. The Bertz CT molecular complexity index is 737. The van der Waals surface area contributed by atoms with Crippen LogP contribution in [0.15, 0.2) is 36.4 Å². The molecule has 0 aliphatic heterocycles. The van der Waals surface area contributed by atoms with E-state index in [1.165, 1.54) is 30.3 Å². The number of nitrogens with one attached hydrogen (secondary N) is 1. The number of hydrogen-bond donors (Lipinski definition) is 2. The second-order valence-corrected chi connectivity index (χ2v) is 4.49. The van der Waals surface area contributed by atoms with Crippen molar-refractivity contribution in [2.24, 2.45) is 0 Å². The average Bonchev–Trinajstić information content (AvgIpc) is 2.44. The number of rotatable bonds is 3. The lowest BCUT2D eigenvalue weighted by Gasteiger charge is -2.09. The van der Waals surface area contributed by atoms with Crippen molar-refractivity contribution in [2.45, 2.75) is 0 Å². The molecule has 0 aliphatic carbocycles. The Balaban J connectivity index is 2.34. The highest BCUT2D eigenvalue weighted by molar-refractivity contribution is 6.31. The van der Waals surface area contributed by atoms with Crippen molar-refractivity contribution >= 4 is 34.6 Å². The summed E-state index contributed by atoms with van der Waals surface area (Å²) in [7, 11) is 0. The number of benzene rings is 2. The third-order valence-electron chi connectivity index (χ3n) is 2.69. The van der Waals surface area contributed by atoms with Crippen molar-refractivity contribution in [3.8, 4) is 0 Å². The maximum atomic E-state index is 13.7. The number of nitrogen functional groups attached to an aromatic ring is 1. The van der Waals surface area contributed by atoms with Crippen LogP contribution in [-0.2, 0) is 0 Å². The van der Waals surface area contributed by atoms with Gasteiger partial charge in [0.1, 0.15) is 0 Å². The van der Waals surface area contributed by atoms with E-state index in [1.807, 2.05) is 0 Å². The van der Waals surface area contributed by atoms with Crippen LogP contribution in [0.5, 0.6) is 0 Å². The van der Waals surface area contributed by atoms with Gasteiger partial charge in [-0.2, -0.15) is 0 Å². The molecule has 0 atom stereocenters. The zero-order chi connectivity index (χ0) is 15.6. The number of halogens is 2. The molecule has 0 fully saturated rings. The summed E-state index contributed by atoms with van der Waals surface area (Å²) in [5.41, 5.74) is 5.10. The van der Waals surface area contributed by atoms with Crippen LogP contribution in [-0.4, -0.2) is 10.8 Å². The Kier molecular flexibility index (Phi) is 4.04. The summed E-state index contributed by atoms with van der Waals surface area (Å²) >= 11 is 5.60. The second-order valence-electron chi connectivity index (χ2n) is 4.08. The van der Waals surface area contributed by atoms with Crippen molar-refractivity contribution < 1.29 is 14.1 Å². The van der Waals surface area contributed by atoms with Crippen LogP contribution in [0.2, 0.25) is 5.02 Å². The number of nitro groups is 1. The van der Waals surface area contributed by atoms with Gasteiger partial charge in [0.25, 0.3) is 11.6 Å². The predicted octanol–water partition coefficient (Wildman–Crippen LogP) is 3.22. The molecular formula is C13H9ClFN3O3. The lowest BCUT2D eigenvalue weighted by Crippen LogP contribution is -2.15. The quantitative estimate of drug-likeness (QED) is 0.516. The van der Waals surface area contributed by atoms with Crippen LogP contribution in [0.4, 0.5) is 21.5 Å². The molecule has 3 N–H and O–H groups in total. The molecule has 0 bridgehead atoms. The predicted molar refractivity (Wildman–Crippen MR) is 76.9 cm³/mol.